The third-order valence-electron chi connectivity index (χ3n) is 2.76. The summed E-state index contributed by atoms with van der Waals surface area (Å²) < 4.78 is 0. The molecule has 102 valence electrons. The normalized spacial score (nSPS) is 14.5. The maximum atomic E-state index is 9.58. The zero-order chi connectivity index (χ0) is 13.5. The summed E-state index contributed by atoms with van der Waals surface area (Å²) in [7, 11) is 0. The monoisotopic (exact) mass is 287 g/mol. The molecule has 18 heavy (non-hydrogen) atoms. The van der Waals surface area contributed by atoms with E-state index in [0.29, 0.717) is 0 Å². The van der Waals surface area contributed by atoms with Crippen molar-refractivity contribution in [1.82, 2.24) is 5.32 Å². The van der Waals surface area contributed by atoms with Crippen LogP contribution in [-0.2, 0) is 6.54 Å². The second kappa shape index (κ2) is 8.05. The number of rotatable bonds is 7. The van der Waals surface area contributed by atoms with Crippen molar-refractivity contribution < 1.29 is 5.11 Å². The van der Waals surface area contributed by atoms with Crippen molar-refractivity contribution in [2.75, 3.05) is 6.54 Å². The minimum atomic E-state index is -0.317. The van der Waals surface area contributed by atoms with Gasteiger partial charge in [-0.2, -0.15) is 0 Å². The molecule has 0 spiro atoms. The molecular formula is C14H22ClNOS. The van der Waals surface area contributed by atoms with Gasteiger partial charge in [0.05, 0.1) is 6.10 Å². The van der Waals surface area contributed by atoms with Gasteiger partial charge in [-0.3, -0.25) is 0 Å². The van der Waals surface area contributed by atoms with Crippen molar-refractivity contribution in [3.63, 3.8) is 0 Å². The molecule has 1 aromatic rings. The minimum Gasteiger partial charge on any atom is -0.392 e. The summed E-state index contributed by atoms with van der Waals surface area (Å²) in [6, 6.07) is 5.94. The summed E-state index contributed by atoms with van der Waals surface area (Å²) in [4.78, 5) is 1.19. The number of hydrogen-bond acceptors (Lipinski definition) is 3. The molecule has 2 atom stereocenters. The predicted molar refractivity (Wildman–Crippen MR) is 80.4 cm³/mol. The van der Waals surface area contributed by atoms with E-state index in [2.05, 4.69) is 12.2 Å². The van der Waals surface area contributed by atoms with Crippen molar-refractivity contribution >= 4 is 23.4 Å². The second-order valence-electron chi connectivity index (χ2n) is 4.49. The highest BCUT2D eigenvalue weighted by atomic mass is 35.5. The van der Waals surface area contributed by atoms with E-state index >= 15 is 0 Å². The zero-order valence-electron chi connectivity index (χ0n) is 11.2. The fourth-order valence-corrected chi connectivity index (χ4v) is 2.72. The summed E-state index contributed by atoms with van der Waals surface area (Å²) in [6.45, 7) is 7.83. The third kappa shape index (κ3) is 5.19. The van der Waals surface area contributed by atoms with Gasteiger partial charge in [0, 0.05) is 21.7 Å². The summed E-state index contributed by atoms with van der Waals surface area (Å²) in [5.41, 5.74) is 1.20. The molecule has 0 bridgehead atoms. The van der Waals surface area contributed by atoms with Crippen molar-refractivity contribution in [3.8, 4) is 0 Å². The van der Waals surface area contributed by atoms with Crippen LogP contribution in [0.25, 0.3) is 0 Å². The first-order chi connectivity index (χ1) is 8.54. The smallest absolute Gasteiger partial charge is 0.0631 e. The van der Waals surface area contributed by atoms with Crippen LogP contribution in [0.3, 0.4) is 0 Å². The molecule has 2 N–H and O–H groups in total. The Morgan fingerprint density at radius 1 is 1.39 bits per heavy atom. The Labute approximate surface area is 119 Å². The minimum absolute atomic E-state index is 0.177. The van der Waals surface area contributed by atoms with E-state index in [0.717, 1.165) is 24.5 Å². The predicted octanol–water partition coefficient (Wildman–Crippen LogP) is 3.70. The average Bonchev–Trinajstić information content (AvgIpc) is 2.32. The molecule has 0 aliphatic carbocycles. The molecule has 0 radical (unpaired) electrons. The van der Waals surface area contributed by atoms with Crippen molar-refractivity contribution in [1.29, 1.82) is 0 Å². The van der Waals surface area contributed by atoms with Gasteiger partial charge in [-0.25, -0.2) is 0 Å². The second-order valence-corrected chi connectivity index (χ2v) is 6.35. The van der Waals surface area contributed by atoms with Crippen LogP contribution in [0.1, 0.15) is 32.8 Å². The van der Waals surface area contributed by atoms with Gasteiger partial charge in [0.15, 0.2) is 0 Å². The maximum Gasteiger partial charge on any atom is 0.0631 e. The first kappa shape index (κ1) is 15.8. The number of benzene rings is 1. The Hall–Kier alpha value is -0.220. The highest BCUT2D eigenvalue weighted by Crippen LogP contribution is 2.30. The van der Waals surface area contributed by atoms with Crippen molar-refractivity contribution in [2.45, 2.75) is 50.0 Å². The first-order valence-corrected chi connectivity index (χ1v) is 7.64. The number of halogens is 1. The largest absolute Gasteiger partial charge is 0.392 e. The average molecular weight is 288 g/mol. The molecule has 0 heterocycles. The maximum absolute atomic E-state index is 9.58. The number of aliphatic hydroxyl groups excluding tert-OH is 1. The molecule has 2 unspecified atom stereocenters. The Kier molecular flexibility index (Phi) is 7.08. The highest BCUT2D eigenvalue weighted by molar-refractivity contribution is 8.00. The lowest BCUT2D eigenvalue weighted by Crippen LogP contribution is -2.17. The van der Waals surface area contributed by atoms with Gasteiger partial charge in [0.1, 0.15) is 0 Å². The fraction of sp³-hybridized carbons (Fsp3) is 0.571. The molecular weight excluding hydrogens is 266 g/mol. The van der Waals surface area contributed by atoms with E-state index < -0.39 is 0 Å². The lowest BCUT2D eigenvalue weighted by atomic mass is 10.2. The van der Waals surface area contributed by atoms with Gasteiger partial charge in [-0.15, -0.1) is 11.8 Å². The van der Waals surface area contributed by atoms with Gasteiger partial charge in [0.2, 0.25) is 0 Å². The Morgan fingerprint density at radius 3 is 2.72 bits per heavy atom. The summed E-state index contributed by atoms with van der Waals surface area (Å²) in [6.07, 6.45) is 0.801. The lowest BCUT2D eigenvalue weighted by Gasteiger charge is -2.17. The van der Waals surface area contributed by atoms with Crippen LogP contribution in [-0.4, -0.2) is 23.0 Å². The standard InChI is InChI=1S/C14H22ClNOS/c1-4-7-16-9-12-8-13(15)5-6-14(12)18-11(3)10(2)17/h5-6,8,10-11,16-17H,4,7,9H2,1-3H3. The Balaban J connectivity index is 2.75. The molecule has 1 rings (SSSR count). The topological polar surface area (TPSA) is 32.3 Å². The molecule has 4 heteroatoms. The van der Waals surface area contributed by atoms with Crippen LogP contribution in [0, 0.1) is 0 Å². The highest BCUT2D eigenvalue weighted by Gasteiger charge is 2.13. The van der Waals surface area contributed by atoms with Crippen LogP contribution in [0.2, 0.25) is 5.02 Å². The van der Waals surface area contributed by atoms with Crippen molar-refractivity contribution in [2.24, 2.45) is 0 Å². The van der Waals surface area contributed by atoms with Crippen LogP contribution in [0.15, 0.2) is 23.1 Å². The van der Waals surface area contributed by atoms with E-state index in [1.54, 1.807) is 11.8 Å². The molecule has 0 aliphatic heterocycles. The van der Waals surface area contributed by atoms with Gasteiger partial charge in [-0.05, 0) is 43.7 Å². The van der Waals surface area contributed by atoms with Crippen LogP contribution < -0.4 is 5.32 Å². The molecule has 0 aliphatic rings. The van der Waals surface area contributed by atoms with Crippen molar-refractivity contribution in [3.05, 3.63) is 28.8 Å². The lowest BCUT2D eigenvalue weighted by molar-refractivity contribution is 0.196. The quantitative estimate of drug-likeness (QED) is 0.592. The van der Waals surface area contributed by atoms with E-state index in [1.807, 2.05) is 32.0 Å². The Morgan fingerprint density at radius 2 is 2.11 bits per heavy atom. The molecule has 0 saturated heterocycles. The third-order valence-corrected chi connectivity index (χ3v) is 4.41. The van der Waals surface area contributed by atoms with Gasteiger partial charge in [-0.1, -0.05) is 25.4 Å². The number of thioether (sulfide) groups is 1. The SMILES string of the molecule is CCCNCc1cc(Cl)ccc1SC(C)C(C)O. The van der Waals surface area contributed by atoms with E-state index in [4.69, 9.17) is 11.6 Å². The number of nitrogens with one attached hydrogen (secondary N) is 1. The molecule has 0 amide bonds. The molecule has 1 aromatic carbocycles. The first-order valence-electron chi connectivity index (χ1n) is 6.38. The van der Waals surface area contributed by atoms with E-state index in [9.17, 15) is 5.11 Å². The molecule has 2 nitrogen and oxygen atoms in total. The Bertz CT molecular complexity index is 371. The van der Waals surface area contributed by atoms with Gasteiger partial charge >= 0.3 is 0 Å². The summed E-state index contributed by atoms with van der Waals surface area (Å²) in [5.74, 6) is 0. The summed E-state index contributed by atoms with van der Waals surface area (Å²) in [5, 5.41) is 13.9. The zero-order valence-corrected chi connectivity index (χ0v) is 12.8. The molecule has 0 fully saturated rings. The van der Waals surface area contributed by atoms with Gasteiger partial charge < -0.3 is 10.4 Å². The van der Waals surface area contributed by atoms with Crippen LogP contribution >= 0.6 is 23.4 Å². The van der Waals surface area contributed by atoms with E-state index in [1.165, 1.54) is 10.5 Å². The van der Waals surface area contributed by atoms with E-state index in [-0.39, 0.29) is 11.4 Å². The molecule has 0 saturated carbocycles. The number of hydrogen-bond donors (Lipinski definition) is 2. The van der Waals surface area contributed by atoms with Crippen LogP contribution in [0.4, 0.5) is 0 Å². The summed E-state index contributed by atoms with van der Waals surface area (Å²) >= 11 is 7.74. The van der Waals surface area contributed by atoms with Gasteiger partial charge in [0.25, 0.3) is 0 Å². The fourth-order valence-electron chi connectivity index (χ4n) is 1.50. The van der Waals surface area contributed by atoms with Crippen LogP contribution in [0.5, 0.6) is 0 Å². The number of aliphatic hydroxyl groups is 1. The molecule has 0 aromatic heterocycles.